The summed E-state index contributed by atoms with van der Waals surface area (Å²) in [5, 5.41) is 0.551. The molecule has 0 unspecified atom stereocenters. The largest absolute Gasteiger partial charge is 0.317 e. The minimum atomic E-state index is -2.75. The van der Waals surface area contributed by atoms with Crippen LogP contribution in [-0.4, -0.2) is 16.6 Å². The van der Waals surface area contributed by atoms with Crippen molar-refractivity contribution in [2.24, 2.45) is 11.8 Å². The molecule has 1 aromatic carbocycles. The summed E-state index contributed by atoms with van der Waals surface area (Å²) in [6.07, 6.45) is 1.23. The van der Waals surface area contributed by atoms with Crippen LogP contribution >= 0.6 is 7.14 Å². The molecule has 23 heavy (non-hydrogen) atoms. The van der Waals surface area contributed by atoms with E-state index in [9.17, 15) is 9.36 Å². The summed E-state index contributed by atoms with van der Waals surface area (Å²) in [4.78, 5) is 12.3. The normalized spacial score (nSPS) is 27.7. The Labute approximate surface area is 140 Å². The van der Waals surface area contributed by atoms with Crippen LogP contribution in [0.1, 0.15) is 47.5 Å². The summed E-state index contributed by atoms with van der Waals surface area (Å²) in [7, 11) is -2.75. The lowest BCUT2D eigenvalue weighted by Gasteiger charge is -2.39. The molecule has 1 aliphatic rings. The van der Waals surface area contributed by atoms with Crippen LogP contribution in [0.2, 0.25) is 0 Å². The van der Waals surface area contributed by atoms with Crippen LogP contribution in [-0.2, 0) is 9.36 Å². The Bertz CT molecular complexity index is 639. The molecule has 0 amide bonds. The van der Waals surface area contributed by atoms with Gasteiger partial charge in [0.05, 0.1) is 0 Å². The maximum atomic E-state index is 14.3. The van der Waals surface area contributed by atoms with Crippen LogP contribution in [0.4, 0.5) is 0 Å². The van der Waals surface area contributed by atoms with Gasteiger partial charge >= 0.3 is 0 Å². The Kier molecular flexibility index (Phi) is 5.06. The minimum Gasteiger partial charge on any atom is -0.317 e. The molecular formula is C20H29O2P. The summed E-state index contributed by atoms with van der Waals surface area (Å²) in [5.74, 6) is 0.326. The maximum absolute atomic E-state index is 14.3. The van der Waals surface area contributed by atoms with Crippen molar-refractivity contribution in [3.05, 3.63) is 42.5 Å². The molecule has 0 spiro atoms. The van der Waals surface area contributed by atoms with Crippen molar-refractivity contribution in [1.82, 2.24) is 0 Å². The molecule has 0 bridgehead atoms. The van der Waals surface area contributed by atoms with E-state index >= 15 is 0 Å². The van der Waals surface area contributed by atoms with E-state index in [1.54, 1.807) is 0 Å². The van der Waals surface area contributed by atoms with Crippen molar-refractivity contribution in [3.63, 3.8) is 0 Å². The molecule has 0 heterocycles. The standard InChI is InChI=1S/C20H29O2P/c1-7-18(21)17-13-14(2)19(15(17)3)23(22,20(4,5)6)16-11-9-8-10-12-16/h8-12,15,17,19H,2,7,13H2,1,3-6H3/t15-,17+,19-,23-/m0/s1. The average molecular weight is 332 g/mol. The lowest BCUT2D eigenvalue weighted by molar-refractivity contribution is -0.123. The quantitative estimate of drug-likeness (QED) is 0.572. The van der Waals surface area contributed by atoms with Crippen LogP contribution in [0.25, 0.3) is 0 Å². The van der Waals surface area contributed by atoms with Gasteiger partial charge in [0.25, 0.3) is 0 Å². The van der Waals surface area contributed by atoms with Gasteiger partial charge in [0, 0.05) is 28.5 Å². The average Bonchev–Trinajstić information content (AvgIpc) is 2.80. The first-order valence-electron chi connectivity index (χ1n) is 8.50. The number of benzene rings is 1. The Morgan fingerprint density at radius 1 is 1.26 bits per heavy atom. The molecule has 126 valence electrons. The van der Waals surface area contributed by atoms with Gasteiger partial charge in [-0.05, 0) is 12.3 Å². The molecule has 1 saturated carbocycles. The van der Waals surface area contributed by atoms with Gasteiger partial charge in [-0.15, -0.1) is 0 Å². The molecule has 1 fully saturated rings. The van der Waals surface area contributed by atoms with Gasteiger partial charge in [-0.25, -0.2) is 0 Å². The molecule has 0 aliphatic heterocycles. The lowest BCUT2D eigenvalue weighted by Crippen LogP contribution is -2.34. The lowest BCUT2D eigenvalue weighted by atomic mass is 9.92. The monoisotopic (exact) mass is 332 g/mol. The predicted octanol–water partition coefficient (Wildman–Crippen LogP) is 5.03. The zero-order valence-corrected chi connectivity index (χ0v) is 15.9. The van der Waals surface area contributed by atoms with Crippen molar-refractivity contribution in [2.75, 3.05) is 0 Å². The molecular weight excluding hydrogens is 303 g/mol. The zero-order chi connectivity index (χ0) is 17.4. The zero-order valence-electron chi connectivity index (χ0n) is 15.0. The fourth-order valence-corrected chi connectivity index (χ4v) is 8.09. The van der Waals surface area contributed by atoms with Crippen LogP contribution < -0.4 is 5.30 Å². The van der Waals surface area contributed by atoms with E-state index in [2.05, 4.69) is 34.3 Å². The topological polar surface area (TPSA) is 34.1 Å². The van der Waals surface area contributed by atoms with Crippen molar-refractivity contribution < 1.29 is 9.36 Å². The maximum Gasteiger partial charge on any atom is 0.136 e. The van der Waals surface area contributed by atoms with E-state index in [1.807, 2.05) is 37.3 Å². The van der Waals surface area contributed by atoms with E-state index in [-0.39, 0.29) is 28.4 Å². The molecule has 3 heteroatoms. The highest BCUT2D eigenvalue weighted by Gasteiger charge is 2.53. The van der Waals surface area contributed by atoms with Crippen LogP contribution in [0, 0.1) is 11.8 Å². The predicted molar refractivity (Wildman–Crippen MR) is 98.9 cm³/mol. The Morgan fingerprint density at radius 2 is 1.83 bits per heavy atom. The Balaban J connectivity index is 2.56. The number of Topliss-reactive ketones (excluding diaryl/α,β-unsaturated/α-hetero) is 1. The molecule has 0 aromatic heterocycles. The van der Waals surface area contributed by atoms with Gasteiger partial charge in [-0.2, -0.15) is 0 Å². The van der Waals surface area contributed by atoms with Gasteiger partial charge in [0.1, 0.15) is 12.9 Å². The van der Waals surface area contributed by atoms with Crippen LogP contribution in [0.5, 0.6) is 0 Å². The third kappa shape index (κ3) is 2.98. The SMILES string of the molecule is C=C1C[C@@H](C(=O)CC)[C@H](C)[C@H]1[P@@](=O)(c1ccccc1)C(C)(C)C. The summed E-state index contributed by atoms with van der Waals surface area (Å²) in [6, 6.07) is 9.80. The van der Waals surface area contributed by atoms with Crippen LogP contribution in [0.3, 0.4) is 0 Å². The van der Waals surface area contributed by atoms with E-state index in [1.165, 1.54) is 0 Å². The first-order chi connectivity index (χ1) is 10.6. The van der Waals surface area contributed by atoms with Gasteiger partial charge in [0.15, 0.2) is 0 Å². The highest BCUT2D eigenvalue weighted by Crippen LogP contribution is 2.67. The fourth-order valence-electron chi connectivity index (χ4n) is 4.05. The number of hydrogen-bond donors (Lipinski definition) is 0. The third-order valence-electron chi connectivity index (χ3n) is 5.32. The summed E-state index contributed by atoms with van der Waals surface area (Å²) in [6.45, 7) is 14.4. The summed E-state index contributed by atoms with van der Waals surface area (Å²) in [5.41, 5.74) is 0.886. The van der Waals surface area contributed by atoms with E-state index in [0.29, 0.717) is 12.8 Å². The molecule has 4 atom stereocenters. The fraction of sp³-hybridized carbons (Fsp3) is 0.550. The number of ketones is 1. The van der Waals surface area contributed by atoms with E-state index in [0.717, 1.165) is 10.9 Å². The second-order valence-corrected chi connectivity index (χ2v) is 11.5. The highest BCUT2D eigenvalue weighted by molar-refractivity contribution is 7.74. The number of rotatable bonds is 4. The van der Waals surface area contributed by atoms with E-state index < -0.39 is 7.14 Å². The van der Waals surface area contributed by atoms with Crippen LogP contribution in [0.15, 0.2) is 42.5 Å². The smallest absolute Gasteiger partial charge is 0.136 e. The molecule has 2 rings (SSSR count). The molecule has 1 aliphatic carbocycles. The van der Waals surface area contributed by atoms with Crippen molar-refractivity contribution in [1.29, 1.82) is 0 Å². The Hall–Kier alpha value is -1.14. The summed E-state index contributed by atoms with van der Waals surface area (Å²) >= 11 is 0. The molecule has 0 N–H and O–H groups in total. The van der Waals surface area contributed by atoms with Crippen molar-refractivity contribution in [3.8, 4) is 0 Å². The Morgan fingerprint density at radius 3 is 2.30 bits per heavy atom. The minimum absolute atomic E-state index is 0.0307. The first-order valence-corrected chi connectivity index (χ1v) is 10.3. The van der Waals surface area contributed by atoms with Gasteiger partial charge < -0.3 is 4.57 Å². The first kappa shape index (κ1) is 18.2. The number of carbonyl (C=O) groups is 1. The number of allylic oxidation sites excluding steroid dienone is 1. The third-order valence-corrected chi connectivity index (χ3v) is 10.0. The molecule has 0 saturated heterocycles. The second-order valence-electron chi connectivity index (χ2n) is 7.76. The molecule has 2 nitrogen and oxygen atoms in total. The summed E-state index contributed by atoms with van der Waals surface area (Å²) < 4.78 is 14.3. The van der Waals surface area contributed by atoms with Gasteiger partial charge in [-0.3, -0.25) is 4.79 Å². The number of hydrogen-bond acceptors (Lipinski definition) is 2. The van der Waals surface area contributed by atoms with Gasteiger partial charge in [-0.1, -0.05) is 77.1 Å². The molecule has 1 aromatic rings. The number of carbonyl (C=O) groups excluding carboxylic acids is 1. The van der Waals surface area contributed by atoms with Gasteiger partial charge in [0.2, 0.25) is 0 Å². The van der Waals surface area contributed by atoms with E-state index in [4.69, 9.17) is 0 Å². The van der Waals surface area contributed by atoms with Crippen molar-refractivity contribution in [2.45, 2.75) is 58.3 Å². The molecule has 0 radical (unpaired) electrons. The van der Waals surface area contributed by atoms with Crippen molar-refractivity contribution >= 4 is 18.2 Å². The highest BCUT2D eigenvalue weighted by atomic mass is 31.2. The second kappa shape index (κ2) is 6.40.